The Morgan fingerprint density at radius 1 is 1.00 bits per heavy atom. The lowest BCUT2D eigenvalue weighted by atomic mass is 9.91. The first-order chi connectivity index (χ1) is 9.62. The molecule has 0 saturated carbocycles. The quantitative estimate of drug-likeness (QED) is 0.513. The van der Waals surface area contributed by atoms with E-state index in [1.165, 1.54) is 39.6 Å². The van der Waals surface area contributed by atoms with Gasteiger partial charge in [-0.25, -0.2) is 14.7 Å². The smallest absolute Gasteiger partial charge is 0.213 e. The lowest BCUT2D eigenvalue weighted by molar-refractivity contribution is -1.29. The average Bonchev–Trinajstić information content (AvgIpc) is 2.36. The van der Waals surface area contributed by atoms with E-state index in [1.807, 2.05) is 18.3 Å². The Bertz CT molecular complexity index is 537. The summed E-state index contributed by atoms with van der Waals surface area (Å²) in [6, 6.07) is 5.59. The molecular formula is C14H19Cl2N4+3. The monoisotopic (exact) mass is 313 g/mol. The summed E-state index contributed by atoms with van der Waals surface area (Å²) in [6.45, 7) is 7.30. The van der Waals surface area contributed by atoms with Crippen LogP contribution in [-0.2, 0) is 0 Å². The van der Waals surface area contributed by atoms with Crippen LogP contribution in [-0.4, -0.2) is 51.4 Å². The van der Waals surface area contributed by atoms with Gasteiger partial charge in [-0.2, -0.15) is 0 Å². The molecule has 3 N–H and O–H groups in total. The van der Waals surface area contributed by atoms with E-state index < -0.39 is 0 Å². The molecule has 0 atom stereocenters. The van der Waals surface area contributed by atoms with Crippen LogP contribution in [0.1, 0.15) is 5.56 Å². The van der Waals surface area contributed by atoms with Gasteiger partial charge in [0.05, 0.1) is 5.02 Å². The molecule has 4 nitrogen and oxygen atoms in total. The van der Waals surface area contributed by atoms with Crippen molar-refractivity contribution in [1.29, 1.82) is 0 Å². The van der Waals surface area contributed by atoms with Crippen LogP contribution in [0.5, 0.6) is 0 Å². The number of quaternary nitrogens is 3. The highest BCUT2D eigenvalue weighted by Crippen LogP contribution is 2.20. The normalized spacial score (nSPS) is 38.8. The van der Waals surface area contributed by atoms with Crippen LogP contribution in [0, 0.1) is 0 Å². The van der Waals surface area contributed by atoms with Gasteiger partial charge in [-0.1, -0.05) is 29.3 Å². The van der Waals surface area contributed by atoms with Crippen LogP contribution >= 0.6 is 23.2 Å². The maximum absolute atomic E-state index is 6.22. The fourth-order valence-electron chi connectivity index (χ4n) is 4.16. The summed E-state index contributed by atoms with van der Waals surface area (Å²) in [5.74, 6) is 0. The molecule has 0 aromatic heterocycles. The number of nitrogens with zero attached hydrogens (tertiary/aromatic N) is 1. The van der Waals surface area contributed by atoms with Crippen molar-refractivity contribution < 1.29 is 14.7 Å². The minimum Gasteiger partial charge on any atom is -0.268 e. The molecule has 0 unspecified atom stereocenters. The zero-order valence-corrected chi connectivity index (χ0v) is 12.8. The Labute approximate surface area is 128 Å². The number of hydrogen-bond donors (Lipinski definition) is 3. The maximum Gasteiger partial charge on any atom is 0.213 e. The molecule has 106 valence electrons. The molecule has 4 fully saturated rings. The zero-order valence-electron chi connectivity index (χ0n) is 11.3. The molecule has 6 heteroatoms. The molecule has 4 heterocycles. The van der Waals surface area contributed by atoms with Crippen LogP contribution in [0.15, 0.2) is 23.2 Å². The number of benzene rings is 1. The Morgan fingerprint density at radius 3 is 2.15 bits per heavy atom. The molecule has 4 aliphatic rings. The zero-order chi connectivity index (χ0) is 13.7. The molecule has 5 rings (SSSR count). The van der Waals surface area contributed by atoms with E-state index in [9.17, 15) is 0 Å². The van der Waals surface area contributed by atoms with Crippen LogP contribution in [0.2, 0.25) is 10.0 Å². The van der Waals surface area contributed by atoms with Gasteiger partial charge in [-0.05, 0) is 12.1 Å². The number of nitrogens with one attached hydrogen (secondary N) is 3. The summed E-state index contributed by atoms with van der Waals surface area (Å²) < 4.78 is 0. The maximum atomic E-state index is 6.22. The largest absolute Gasteiger partial charge is 0.268 e. The second kappa shape index (κ2) is 4.68. The fourth-order valence-corrected chi connectivity index (χ4v) is 4.61. The third-order valence-electron chi connectivity index (χ3n) is 4.68. The Kier molecular flexibility index (Phi) is 3.05. The van der Waals surface area contributed by atoms with Crippen LogP contribution in [0.3, 0.4) is 0 Å². The molecule has 0 radical (unpaired) electrons. The summed E-state index contributed by atoms with van der Waals surface area (Å²) in [6.07, 6.45) is 1.95. The van der Waals surface area contributed by atoms with Gasteiger partial charge in [0.15, 0.2) is 0 Å². The van der Waals surface area contributed by atoms with Crippen molar-refractivity contribution in [2.45, 2.75) is 5.54 Å². The molecule has 4 bridgehead atoms. The van der Waals surface area contributed by atoms with E-state index in [-0.39, 0.29) is 5.54 Å². The Morgan fingerprint density at radius 2 is 1.60 bits per heavy atom. The topological polar surface area (TPSA) is 25.7 Å². The van der Waals surface area contributed by atoms with Gasteiger partial charge in [0.1, 0.15) is 19.6 Å². The minimum absolute atomic E-state index is 0.109. The third-order valence-corrected chi connectivity index (χ3v) is 5.24. The van der Waals surface area contributed by atoms with Crippen LogP contribution < -0.4 is 14.7 Å². The molecular weight excluding hydrogens is 295 g/mol. The van der Waals surface area contributed by atoms with Gasteiger partial charge in [-0.15, -0.1) is 0 Å². The molecule has 1 aromatic carbocycles. The highest BCUT2D eigenvalue weighted by molar-refractivity contribution is 6.36. The molecule has 0 aliphatic carbocycles. The summed E-state index contributed by atoms with van der Waals surface area (Å²) in [5, 5.41) is 1.35. The van der Waals surface area contributed by atoms with Crippen molar-refractivity contribution in [3.8, 4) is 0 Å². The summed E-state index contributed by atoms with van der Waals surface area (Å²) in [5.41, 5.74) is 1.07. The predicted octanol–water partition coefficient (Wildman–Crippen LogP) is -2.28. The SMILES string of the molecule is Clc1ccc(C=NC23C[NH+]4C[NH+](C[NH+](C4)C2)C3)c(Cl)c1. The van der Waals surface area contributed by atoms with Gasteiger partial charge in [0, 0.05) is 16.8 Å². The van der Waals surface area contributed by atoms with E-state index >= 15 is 0 Å². The molecule has 1 aromatic rings. The Balaban J connectivity index is 1.60. The fraction of sp³-hybridized carbons (Fsp3) is 0.500. The summed E-state index contributed by atoms with van der Waals surface area (Å²) in [7, 11) is 0. The highest BCUT2D eigenvalue weighted by atomic mass is 35.5. The molecule has 4 saturated heterocycles. The number of hydrogen-bond acceptors (Lipinski definition) is 1. The van der Waals surface area contributed by atoms with Crippen LogP contribution in [0.25, 0.3) is 0 Å². The van der Waals surface area contributed by atoms with E-state index in [1.54, 1.807) is 20.8 Å². The van der Waals surface area contributed by atoms with Crippen molar-refractivity contribution in [3.05, 3.63) is 33.8 Å². The van der Waals surface area contributed by atoms with Gasteiger partial charge in [-0.3, -0.25) is 4.99 Å². The first-order valence-electron chi connectivity index (χ1n) is 7.13. The van der Waals surface area contributed by atoms with E-state index in [2.05, 4.69) is 0 Å². The van der Waals surface area contributed by atoms with Gasteiger partial charge in [0.2, 0.25) is 25.5 Å². The van der Waals surface area contributed by atoms with Crippen molar-refractivity contribution in [1.82, 2.24) is 0 Å². The summed E-state index contributed by atoms with van der Waals surface area (Å²) >= 11 is 12.2. The van der Waals surface area contributed by atoms with Gasteiger partial charge >= 0.3 is 0 Å². The molecule has 20 heavy (non-hydrogen) atoms. The lowest BCUT2D eigenvalue weighted by Gasteiger charge is -2.50. The van der Waals surface area contributed by atoms with Gasteiger partial charge < -0.3 is 0 Å². The average molecular weight is 314 g/mol. The lowest BCUT2D eigenvalue weighted by Crippen LogP contribution is -3.56. The highest BCUT2D eigenvalue weighted by Gasteiger charge is 2.57. The first-order valence-corrected chi connectivity index (χ1v) is 7.89. The van der Waals surface area contributed by atoms with Crippen molar-refractivity contribution in [3.63, 3.8) is 0 Å². The van der Waals surface area contributed by atoms with E-state index in [0.29, 0.717) is 10.0 Å². The summed E-state index contributed by atoms with van der Waals surface area (Å²) in [4.78, 5) is 10.0. The predicted molar refractivity (Wildman–Crippen MR) is 78.9 cm³/mol. The van der Waals surface area contributed by atoms with Crippen molar-refractivity contribution in [2.75, 3.05) is 39.6 Å². The minimum atomic E-state index is 0.109. The molecule has 0 spiro atoms. The third kappa shape index (κ3) is 2.26. The molecule has 0 amide bonds. The van der Waals surface area contributed by atoms with E-state index in [0.717, 1.165) is 5.56 Å². The second-order valence-electron chi connectivity index (χ2n) is 6.46. The molecule has 4 aliphatic heterocycles. The Hall–Kier alpha value is -0.650. The van der Waals surface area contributed by atoms with Crippen LogP contribution in [0.4, 0.5) is 0 Å². The first kappa shape index (κ1) is 13.0. The van der Waals surface area contributed by atoms with Crippen molar-refractivity contribution in [2.24, 2.45) is 4.99 Å². The standard InChI is InChI=1S/C14H16Cl2N4/c15-12-2-1-11(13(16)3-12)4-17-14-5-18-8-19(6-14)10-20(7-14)9-18/h1-4H,5-10H2/p+3. The number of aliphatic imine (C=N–C) groups is 1. The van der Waals surface area contributed by atoms with Gasteiger partial charge in [0.25, 0.3) is 0 Å². The van der Waals surface area contributed by atoms with E-state index in [4.69, 9.17) is 28.2 Å². The van der Waals surface area contributed by atoms with Crippen molar-refractivity contribution >= 4 is 29.4 Å². The number of rotatable bonds is 2. The second-order valence-corrected chi connectivity index (χ2v) is 7.30. The number of halogens is 2.